The van der Waals surface area contributed by atoms with Gasteiger partial charge < -0.3 is 10.2 Å². The van der Waals surface area contributed by atoms with Gasteiger partial charge in [-0.15, -0.1) is 0 Å². The lowest BCUT2D eigenvalue weighted by Gasteiger charge is -2.34. The van der Waals surface area contributed by atoms with Crippen molar-refractivity contribution in [3.05, 3.63) is 29.8 Å². The van der Waals surface area contributed by atoms with Gasteiger partial charge in [0.1, 0.15) is 0 Å². The fourth-order valence-electron chi connectivity index (χ4n) is 3.51. The molecule has 0 radical (unpaired) electrons. The summed E-state index contributed by atoms with van der Waals surface area (Å²) in [5.41, 5.74) is 2.15. The van der Waals surface area contributed by atoms with Crippen molar-refractivity contribution in [2.24, 2.45) is 0 Å². The number of likely N-dealkylation sites (N-methyl/N-ethyl adjacent to an activating group) is 1. The van der Waals surface area contributed by atoms with E-state index in [1.807, 2.05) is 30.9 Å². The number of carbonyl (C=O) groups excluding carboxylic acids is 2. The van der Waals surface area contributed by atoms with E-state index in [-0.39, 0.29) is 11.8 Å². The molecule has 1 aliphatic heterocycles. The zero-order chi connectivity index (χ0) is 20.5. The first-order valence-corrected chi connectivity index (χ1v) is 10.6. The van der Waals surface area contributed by atoms with Crippen LogP contribution in [0.3, 0.4) is 0 Å². The number of carbonyl (C=O) groups is 2. The minimum absolute atomic E-state index is 0.0176. The van der Waals surface area contributed by atoms with Gasteiger partial charge in [-0.25, -0.2) is 0 Å². The monoisotopic (exact) mass is 388 g/mol. The molecule has 1 N–H and O–H groups in total. The lowest BCUT2D eigenvalue weighted by Crippen LogP contribution is -2.51. The van der Waals surface area contributed by atoms with E-state index in [2.05, 4.69) is 41.1 Å². The number of benzene rings is 1. The van der Waals surface area contributed by atoms with Crippen LogP contribution in [0.15, 0.2) is 24.3 Å². The molecule has 28 heavy (non-hydrogen) atoms. The summed E-state index contributed by atoms with van der Waals surface area (Å²) in [4.78, 5) is 30.8. The van der Waals surface area contributed by atoms with Crippen LogP contribution < -0.4 is 5.32 Å². The zero-order valence-electron chi connectivity index (χ0n) is 17.9. The number of hydrogen-bond acceptors (Lipinski definition) is 4. The van der Waals surface area contributed by atoms with Crippen molar-refractivity contribution in [3.8, 4) is 0 Å². The van der Waals surface area contributed by atoms with E-state index in [4.69, 9.17) is 0 Å². The average Bonchev–Trinajstić information content (AvgIpc) is 2.70. The van der Waals surface area contributed by atoms with Gasteiger partial charge in [-0.2, -0.15) is 0 Å². The molecule has 2 amide bonds. The maximum atomic E-state index is 12.4. The maximum absolute atomic E-state index is 12.4. The molecule has 0 aromatic heterocycles. The molecule has 1 saturated heterocycles. The highest BCUT2D eigenvalue weighted by atomic mass is 16.2. The Labute approximate surface area is 169 Å². The molecule has 1 fully saturated rings. The van der Waals surface area contributed by atoms with Gasteiger partial charge in [0.15, 0.2) is 0 Å². The van der Waals surface area contributed by atoms with Gasteiger partial charge in [-0.1, -0.05) is 26.0 Å². The predicted octanol–water partition coefficient (Wildman–Crippen LogP) is 2.62. The molecule has 1 aromatic carbocycles. The zero-order valence-corrected chi connectivity index (χ0v) is 17.9. The van der Waals surface area contributed by atoms with Crippen molar-refractivity contribution >= 4 is 17.5 Å². The van der Waals surface area contributed by atoms with Crippen LogP contribution in [0.25, 0.3) is 0 Å². The summed E-state index contributed by atoms with van der Waals surface area (Å²) in [7, 11) is 0. The number of rotatable bonds is 9. The number of piperazine rings is 1. The van der Waals surface area contributed by atoms with E-state index >= 15 is 0 Å². The van der Waals surface area contributed by atoms with E-state index in [0.29, 0.717) is 19.0 Å². The summed E-state index contributed by atoms with van der Waals surface area (Å²) >= 11 is 0. The minimum atomic E-state index is 0.0176. The molecule has 1 unspecified atom stereocenters. The second-order valence-electron chi connectivity index (χ2n) is 7.60. The smallest absolute Gasteiger partial charge is 0.238 e. The van der Waals surface area contributed by atoms with E-state index < -0.39 is 0 Å². The van der Waals surface area contributed by atoms with Crippen molar-refractivity contribution in [2.45, 2.75) is 40.0 Å². The molecular formula is C22H36N4O2. The molecule has 1 aliphatic rings. The van der Waals surface area contributed by atoms with E-state index in [1.165, 1.54) is 5.56 Å². The number of hydrogen-bond donors (Lipinski definition) is 1. The molecule has 1 heterocycles. The van der Waals surface area contributed by atoms with Crippen LogP contribution in [0.4, 0.5) is 5.69 Å². The molecule has 6 nitrogen and oxygen atoms in total. The third-order valence-corrected chi connectivity index (χ3v) is 5.68. The second-order valence-corrected chi connectivity index (χ2v) is 7.60. The van der Waals surface area contributed by atoms with Gasteiger partial charge in [-0.05, 0) is 43.9 Å². The summed E-state index contributed by atoms with van der Waals surface area (Å²) in [5, 5.41) is 2.99. The number of anilines is 1. The van der Waals surface area contributed by atoms with Crippen molar-refractivity contribution in [1.29, 1.82) is 0 Å². The molecule has 2 rings (SSSR count). The van der Waals surface area contributed by atoms with Crippen LogP contribution in [0.5, 0.6) is 0 Å². The third-order valence-electron chi connectivity index (χ3n) is 5.68. The van der Waals surface area contributed by atoms with Crippen LogP contribution in [-0.4, -0.2) is 78.9 Å². The molecular weight excluding hydrogens is 352 g/mol. The highest BCUT2D eigenvalue weighted by Gasteiger charge is 2.22. The Balaban J connectivity index is 1.73. The van der Waals surface area contributed by atoms with Gasteiger partial charge >= 0.3 is 0 Å². The Morgan fingerprint density at radius 3 is 2.00 bits per heavy atom. The fraction of sp³-hybridized carbons (Fsp3) is 0.636. The summed E-state index contributed by atoms with van der Waals surface area (Å²) in [5.74, 6) is 0.746. The molecule has 156 valence electrons. The second kappa shape index (κ2) is 11.2. The van der Waals surface area contributed by atoms with Crippen molar-refractivity contribution in [3.63, 3.8) is 0 Å². The largest absolute Gasteiger partial charge is 0.342 e. The molecule has 1 aromatic rings. The van der Waals surface area contributed by atoms with Crippen molar-refractivity contribution < 1.29 is 9.59 Å². The van der Waals surface area contributed by atoms with Gasteiger partial charge in [0.05, 0.1) is 13.1 Å². The summed E-state index contributed by atoms with van der Waals surface area (Å²) < 4.78 is 0. The fourth-order valence-corrected chi connectivity index (χ4v) is 3.51. The summed E-state index contributed by atoms with van der Waals surface area (Å²) in [6.45, 7) is 14.1. The molecule has 0 saturated carbocycles. The van der Waals surface area contributed by atoms with Gasteiger partial charge in [0.25, 0.3) is 0 Å². The Hall–Kier alpha value is -1.92. The summed E-state index contributed by atoms with van der Waals surface area (Å²) in [6.07, 6.45) is 1.11. The van der Waals surface area contributed by atoms with Crippen LogP contribution >= 0.6 is 0 Å². The van der Waals surface area contributed by atoms with Gasteiger partial charge in [-0.3, -0.25) is 19.4 Å². The predicted molar refractivity (Wildman–Crippen MR) is 115 cm³/mol. The lowest BCUT2D eigenvalue weighted by molar-refractivity contribution is -0.132. The van der Waals surface area contributed by atoms with Crippen LogP contribution in [0.2, 0.25) is 0 Å². The summed E-state index contributed by atoms with van der Waals surface area (Å²) in [6, 6.07) is 8.15. The van der Waals surface area contributed by atoms with Crippen molar-refractivity contribution in [2.75, 3.05) is 57.7 Å². The number of amides is 2. The standard InChI is InChI=1S/C22H36N4O2/c1-5-18(4)19-8-10-20(11-9-19)23-21(27)16-24-12-14-25(15-13-24)17-22(28)26(6-2)7-3/h8-11,18H,5-7,12-17H2,1-4H3,(H,23,27). The molecule has 6 heteroatoms. The maximum Gasteiger partial charge on any atom is 0.238 e. The third kappa shape index (κ3) is 6.60. The van der Waals surface area contributed by atoms with E-state index in [9.17, 15) is 9.59 Å². The minimum Gasteiger partial charge on any atom is -0.342 e. The Morgan fingerprint density at radius 1 is 0.964 bits per heavy atom. The number of nitrogens with zero attached hydrogens (tertiary/aromatic N) is 3. The highest BCUT2D eigenvalue weighted by molar-refractivity contribution is 5.92. The highest BCUT2D eigenvalue weighted by Crippen LogP contribution is 2.20. The molecule has 0 spiro atoms. The average molecular weight is 389 g/mol. The van der Waals surface area contributed by atoms with E-state index in [1.54, 1.807) is 0 Å². The lowest BCUT2D eigenvalue weighted by atomic mass is 9.99. The van der Waals surface area contributed by atoms with E-state index in [0.717, 1.165) is 51.4 Å². The molecule has 0 bridgehead atoms. The first kappa shape index (κ1) is 22.4. The van der Waals surface area contributed by atoms with Crippen LogP contribution in [0.1, 0.15) is 45.6 Å². The normalized spacial score (nSPS) is 16.6. The first-order valence-electron chi connectivity index (χ1n) is 10.6. The van der Waals surface area contributed by atoms with Gasteiger partial charge in [0, 0.05) is 45.0 Å². The SMILES string of the molecule is CCC(C)c1ccc(NC(=O)CN2CCN(CC(=O)N(CC)CC)CC2)cc1. The Bertz CT molecular complexity index is 620. The van der Waals surface area contributed by atoms with Crippen LogP contribution in [0, 0.1) is 0 Å². The number of nitrogens with one attached hydrogen (secondary N) is 1. The van der Waals surface area contributed by atoms with Crippen molar-refractivity contribution in [1.82, 2.24) is 14.7 Å². The topological polar surface area (TPSA) is 55.9 Å². The Morgan fingerprint density at radius 2 is 1.50 bits per heavy atom. The molecule has 0 aliphatic carbocycles. The quantitative estimate of drug-likeness (QED) is 0.707. The molecule has 1 atom stereocenters. The van der Waals surface area contributed by atoms with Gasteiger partial charge in [0.2, 0.25) is 11.8 Å². The van der Waals surface area contributed by atoms with Crippen LogP contribution in [-0.2, 0) is 9.59 Å². The Kier molecular flexibility index (Phi) is 8.93. The first-order chi connectivity index (χ1) is 13.5.